The number of carbonyl (C=O) groups is 1. The van der Waals surface area contributed by atoms with Crippen LogP contribution in [0.5, 0.6) is 11.5 Å². The summed E-state index contributed by atoms with van der Waals surface area (Å²) in [7, 11) is 0. The molecule has 5 N–H and O–H groups in total. The monoisotopic (exact) mass is 282 g/mol. The van der Waals surface area contributed by atoms with Crippen LogP contribution in [0.25, 0.3) is 0 Å². The van der Waals surface area contributed by atoms with Gasteiger partial charge in [0.05, 0.1) is 6.54 Å². The first kappa shape index (κ1) is 16.3. The quantitative estimate of drug-likeness (QED) is 0.234. The molecule has 1 rings (SSSR count). The largest absolute Gasteiger partial charge is 0.629 e. The first-order chi connectivity index (χ1) is 9.50. The highest BCUT2D eigenvalue weighted by molar-refractivity contribution is 5.73. The van der Waals surface area contributed by atoms with Gasteiger partial charge >= 0.3 is 0 Å². The number of phenols is 2. The van der Waals surface area contributed by atoms with Gasteiger partial charge in [0.1, 0.15) is 5.69 Å². The number of amides is 1. The van der Waals surface area contributed by atoms with Crippen LogP contribution in [0.3, 0.4) is 0 Å². The number of benzene rings is 1. The Balaban J connectivity index is 2.18. The van der Waals surface area contributed by atoms with E-state index in [0.717, 1.165) is 32.1 Å². The Labute approximate surface area is 118 Å². The molecule has 0 aliphatic carbocycles. The maximum absolute atomic E-state index is 11.8. The molecule has 0 radical (unpaired) electrons. The average Bonchev–Trinajstić information content (AvgIpc) is 2.40. The molecule has 20 heavy (non-hydrogen) atoms. The van der Waals surface area contributed by atoms with Crippen molar-refractivity contribution in [2.75, 3.05) is 6.54 Å². The van der Waals surface area contributed by atoms with Gasteiger partial charge in [0.2, 0.25) is 5.91 Å². The SMILES string of the molecule is NC(=O)CCCCCCC[NH+]([O-])c1ccc(O)c(O)c1. The van der Waals surface area contributed by atoms with Crippen LogP contribution in [-0.2, 0) is 4.79 Å². The molecule has 1 aromatic carbocycles. The Hall–Kier alpha value is -1.79. The highest BCUT2D eigenvalue weighted by Gasteiger charge is 2.06. The predicted octanol–water partition coefficient (Wildman–Crippen LogP) is 0.938. The second kappa shape index (κ2) is 8.39. The molecule has 1 atom stereocenters. The topological polar surface area (TPSA) is 111 Å². The average molecular weight is 282 g/mol. The highest BCUT2D eigenvalue weighted by Crippen LogP contribution is 2.25. The van der Waals surface area contributed by atoms with E-state index in [1.54, 1.807) is 0 Å². The first-order valence-corrected chi connectivity index (χ1v) is 6.84. The smallest absolute Gasteiger partial charge is 0.217 e. The molecular formula is C14H22N2O4. The van der Waals surface area contributed by atoms with Gasteiger partial charge in [0, 0.05) is 18.6 Å². The summed E-state index contributed by atoms with van der Waals surface area (Å²) in [5.41, 5.74) is 5.45. The molecule has 0 bridgehead atoms. The van der Waals surface area contributed by atoms with Crippen LogP contribution < -0.4 is 10.8 Å². The lowest BCUT2D eigenvalue weighted by molar-refractivity contribution is -0.776. The zero-order valence-corrected chi connectivity index (χ0v) is 11.5. The summed E-state index contributed by atoms with van der Waals surface area (Å²) in [6, 6.07) is 4.10. The third kappa shape index (κ3) is 5.90. The van der Waals surface area contributed by atoms with Gasteiger partial charge in [-0.1, -0.05) is 12.8 Å². The number of phenolic OH excluding ortho intramolecular Hbond substituents is 2. The summed E-state index contributed by atoms with van der Waals surface area (Å²) >= 11 is 0. The van der Waals surface area contributed by atoms with Gasteiger partial charge in [-0.3, -0.25) is 4.79 Å². The normalized spacial score (nSPS) is 12.2. The number of rotatable bonds is 9. The Kier molecular flexibility index (Phi) is 6.83. The lowest BCUT2D eigenvalue weighted by atomic mass is 10.1. The summed E-state index contributed by atoms with van der Waals surface area (Å²) in [6.07, 6.45) is 4.84. The number of nitrogens with one attached hydrogen (secondary N) is 1. The number of primary amides is 1. The number of unbranched alkanes of at least 4 members (excludes halogenated alkanes) is 4. The summed E-state index contributed by atoms with van der Waals surface area (Å²) in [5, 5.41) is 30.3. The zero-order valence-electron chi connectivity index (χ0n) is 11.5. The van der Waals surface area contributed by atoms with E-state index < -0.39 is 0 Å². The number of quaternary nitrogens is 1. The van der Waals surface area contributed by atoms with E-state index >= 15 is 0 Å². The third-order valence-corrected chi connectivity index (χ3v) is 3.12. The standard InChI is InChI=1S/C14H22N2O4/c15-14(19)6-4-2-1-3-5-9-16(20)11-7-8-12(17)13(18)10-11/h7-8,10,16-18H,1-6,9H2,(H2,15,19). The maximum atomic E-state index is 11.8. The highest BCUT2D eigenvalue weighted by atomic mass is 16.5. The molecule has 0 fully saturated rings. The first-order valence-electron chi connectivity index (χ1n) is 6.84. The molecule has 0 aliphatic rings. The number of hydrogen-bond acceptors (Lipinski definition) is 4. The van der Waals surface area contributed by atoms with Crippen molar-refractivity contribution in [2.24, 2.45) is 5.73 Å². The number of hydrogen-bond donors (Lipinski definition) is 4. The van der Waals surface area contributed by atoms with Crippen LogP contribution in [0.4, 0.5) is 5.69 Å². The van der Waals surface area contributed by atoms with E-state index in [9.17, 15) is 15.1 Å². The van der Waals surface area contributed by atoms with Crippen LogP contribution in [-0.4, -0.2) is 22.7 Å². The maximum Gasteiger partial charge on any atom is 0.217 e. The lowest BCUT2D eigenvalue weighted by Crippen LogP contribution is -3.02. The van der Waals surface area contributed by atoms with E-state index in [1.165, 1.54) is 18.2 Å². The van der Waals surface area contributed by atoms with Gasteiger partial charge in [0.15, 0.2) is 11.5 Å². The van der Waals surface area contributed by atoms with Crippen molar-refractivity contribution in [3.8, 4) is 11.5 Å². The molecule has 0 spiro atoms. The van der Waals surface area contributed by atoms with Gasteiger partial charge in [-0.2, -0.15) is 0 Å². The predicted molar refractivity (Wildman–Crippen MR) is 75.5 cm³/mol. The Morgan fingerprint density at radius 3 is 2.40 bits per heavy atom. The molecule has 0 saturated heterocycles. The second-order valence-electron chi connectivity index (χ2n) is 4.86. The molecule has 0 saturated carbocycles. The van der Waals surface area contributed by atoms with Crippen molar-refractivity contribution in [3.05, 3.63) is 23.4 Å². The minimum absolute atomic E-state index is 0.0440. The van der Waals surface area contributed by atoms with Crippen molar-refractivity contribution in [1.82, 2.24) is 0 Å². The van der Waals surface area contributed by atoms with Gasteiger partial charge < -0.3 is 26.2 Å². The van der Waals surface area contributed by atoms with Crippen molar-refractivity contribution in [1.29, 1.82) is 0 Å². The van der Waals surface area contributed by atoms with Gasteiger partial charge in [-0.05, 0) is 25.3 Å². The number of hydroxylamine groups is 1. The van der Waals surface area contributed by atoms with E-state index in [4.69, 9.17) is 10.8 Å². The summed E-state index contributed by atoms with van der Waals surface area (Å²) in [4.78, 5) is 10.5. The van der Waals surface area contributed by atoms with Crippen molar-refractivity contribution in [3.63, 3.8) is 0 Å². The molecule has 112 valence electrons. The Morgan fingerprint density at radius 2 is 1.75 bits per heavy atom. The number of carbonyl (C=O) groups excluding carboxylic acids is 1. The second-order valence-corrected chi connectivity index (χ2v) is 4.86. The van der Waals surface area contributed by atoms with Crippen molar-refractivity contribution < 1.29 is 20.1 Å². The Morgan fingerprint density at radius 1 is 1.10 bits per heavy atom. The van der Waals surface area contributed by atoms with Crippen molar-refractivity contribution >= 4 is 11.6 Å². The van der Waals surface area contributed by atoms with Gasteiger partial charge in [-0.25, -0.2) is 0 Å². The fourth-order valence-corrected chi connectivity index (χ4v) is 1.96. The minimum Gasteiger partial charge on any atom is -0.629 e. The molecule has 0 aromatic heterocycles. The number of aromatic hydroxyl groups is 2. The van der Waals surface area contributed by atoms with Gasteiger partial charge in [-0.15, -0.1) is 0 Å². The summed E-state index contributed by atoms with van der Waals surface area (Å²) in [6.45, 7) is 0.417. The van der Waals surface area contributed by atoms with Crippen LogP contribution in [0.15, 0.2) is 18.2 Å². The molecule has 1 amide bonds. The zero-order chi connectivity index (χ0) is 15.0. The van der Waals surface area contributed by atoms with E-state index in [1.807, 2.05) is 0 Å². The van der Waals surface area contributed by atoms with Crippen LogP contribution in [0.2, 0.25) is 0 Å². The molecule has 6 heteroatoms. The van der Waals surface area contributed by atoms with Crippen LogP contribution in [0, 0.1) is 5.21 Å². The molecule has 1 unspecified atom stereocenters. The van der Waals surface area contributed by atoms with E-state index in [-0.39, 0.29) is 22.5 Å². The van der Waals surface area contributed by atoms with Crippen molar-refractivity contribution in [2.45, 2.75) is 38.5 Å². The molecule has 6 nitrogen and oxygen atoms in total. The summed E-state index contributed by atoms with van der Waals surface area (Å²) < 4.78 is 0. The molecule has 0 aliphatic heterocycles. The molecule has 0 heterocycles. The fraction of sp³-hybridized carbons (Fsp3) is 0.500. The van der Waals surface area contributed by atoms with E-state index in [0.29, 0.717) is 18.7 Å². The van der Waals surface area contributed by atoms with Crippen LogP contribution in [0.1, 0.15) is 38.5 Å². The lowest BCUT2D eigenvalue weighted by Gasteiger charge is -2.21. The summed E-state index contributed by atoms with van der Waals surface area (Å²) in [5.74, 6) is -0.773. The molecule has 1 aromatic rings. The Bertz CT molecular complexity index is 437. The minimum atomic E-state index is -0.276. The fourth-order valence-electron chi connectivity index (χ4n) is 1.96. The van der Waals surface area contributed by atoms with Crippen LogP contribution >= 0.6 is 0 Å². The van der Waals surface area contributed by atoms with E-state index in [2.05, 4.69) is 0 Å². The number of nitrogens with two attached hydrogens (primary N) is 1. The van der Waals surface area contributed by atoms with Gasteiger partial charge in [0.25, 0.3) is 0 Å². The third-order valence-electron chi connectivity index (χ3n) is 3.12. The molecular weight excluding hydrogens is 260 g/mol.